The Kier molecular flexibility index (Phi) is 5.90. The number of benzene rings is 1. The number of aromatic nitrogens is 4. The van der Waals surface area contributed by atoms with Gasteiger partial charge in [-0.1, -0.05) is 18.2 Å². The van der Waals surface area contributed by atoms with E-state index < -0.39 is 0 Å². The van der Waals surface area contributed by atoms with Gasteiger partial charge in [0.05, 0.1) is 17.6 Å². The summed E-state index contributed by atoms with van der Waals surface area (Å²) in [5, 5.41) is 15.6. The molecule has 0 unspecified atom stereocenters. The van der Waals surface area contributed by atoms with Crippen molar-refractivity contribution in [3.8, 4) is 5.69 Å². The number of hydrogen-bond donors (Lipinski definition) is 2. The normalized spacial score (nSPS) is 11.6. The van der Waals surface area contributed by atoms with Crippen molar-refractivity contribution in [3.63, 3.8) is 0 Å². The van der Waals surface area contributed by atoms with Crippen LogP contribution in [-0.4, -0.2) is 39.1 Å². The van der Waals surface area contributed by atoms with E-state index in [0.717, 1.165) is 30.3 Å². The molecule has 0 atom stereocenters. The number of nitrogens with one attached hydrogen (secondary N) is 2. The van der Waals surface area contributed by atoms with Crippen molar-refractivity contribution in [2.24, 2.45) is 12.0 Å². The van der Waals surface area contributed by atoms with Crippen molar-refractivity contribution >= 4 is 5.96 Å². The molecule has 0 aliphatic carbocycles. The topological polar surface area (TPSA) is 72.1 Å². The van der Waals surface area contributed by atoms with E-state index >= 15 is 0 Å². The maximum absolute atomic E-state index is 4.45. The second kappa shape index (κ2) is 8.53. The van der Waals surface area contributed by atoms with Gasteiger partial charge in [0, 0.05) is 44.6 Å². The summed E-state index contributed by atoms with van der Waals surface area (Å²) in [6.07, 6.45) is 4.85. The molecule has 0 aliphatic heterocycles. The zero-order chi connectivity index (χ0) is 19.2. The number of hydrogen-bond acceptors (Lipinski definition) is 3. The first-order valence-corrected chi connectivity index (χ1v) is 9.11. The third-order valence-corrected chi connectivity index (χ3v) is 4.68. The van der Waals surface area contributed by atoms with Gasteiger partial charge >= 0.3 is 0 Å². The van der Waals surface area contributed by atoms with Gasteiger partial charge in [-0.05, 0) is 38.0 Å². The van der Waals surface area contributed by atoms with E-state index in [1.807, 2.05) is 59.9 Å². The molecule has 2 heterocycles. The van der Waals surface area contributed by atoms with Gasteiger partial charge in [-0.15, -0.1) is 0 Å². The lowest BCUT2D eigenvalue weighted by molar-refractivity contribution is 0.728. The molecule has 2 aromatic heterocycles. The van der Waals surface area contributed by atoms with Crippen LogP contribution in [0.4, 0.5) is 0 Å². The minimum Gasteiger partial charge on any atom is -0.356 e. The van der Waals surface area contributed by atoms with Gasteiger partial charge < -0.3 is 10.6 Å². The molecule has 2 N–H and O–H groups in total. The molecule has 0 radical (unpaired) electrons. The fourth-order valence-corrected chi connectivity index (χ4v) is 3.00. The first-order valence-electron chi connectivity index (χ1n) is 9.11. The Bertz CT molecular complexity index is 906. The predicted octanol–water partition coefficient (Wildman–Crippen LogP) is 2.13. The van der Waals surface area contributed by atoms with Gasteiger partial charge in [0.15, 0.2) is 5.96 Å². The van der Waals surface area contributed by atoms with Gasteiger partial charge in [-0.25, -0.2) is 4.68 Å². The standard InChI is InChI=1S/C20H27N7/c1-15-19(16(2)26(4)25-15)13-23-20(21-3)22-11-10-17-12-24-27(14-17)18-8-6-5-7-9-18/h5-9,12,14H,10-11,13H2,1-4H3,(H2,21,22,23). The Labute approximate surface area is 160 Å². The third kappa shape index (κ3) is 4.55. The molecule has 0 bridgehead atoms. The molecule has 3 aromatic rings. The molecule has 0 amide bonds. The first kappa shape index (κ1) is 18.7. The third-order valence-electron chi connectivity index (χ3n) is 4.68. The van der Waals surface area contributed by atoms with E-state index in [9.17, 15) is 0 Å². The molecular weight excluding hydrogens is 338 g/mol. The van der Waals surface area contributed by atoms with E-state index in [0.29, 0.717) is 6.54 Å². The summed E-state index contributed by atoms with van der Waals surface area (Å²) in [5.74, 6) is 0.785. The smallest absolute Gasteiger partial charge is 0.191 e. The molecular formula is C20H27N7. The Morgan fingerprint density at radius 3 is 2.59 bits per heavy atom. The largest absolute Gasteiger partial charge is 0.356 e. The minimum atomic E-state index is 0.705. The summed E-state index contributed by atoms with van der Waals surface area (Å²) in [5.41, 5.74) is 5.68. The molecule has 0 aliphatic rings. The highest BCUT2D eigenvalue weighted by molar-refractivity contribution is 5.79. The van der Waals surface area contributed by atoms with Crippen molar-refractivity contribution in [2.45, 2.75) is 26.8 Å². The quantitative estimate of drug-likeness (QED) is 0.519. The highest BCUT2D eigenvalue weighted by Crippen LogP contribution is 2.11. The van der Waals surface area contributed by atoms with Crippen molar-refractivity contribution in [3.05, 3.63) is 65.2 Å². The summed E-state index contributed by atoms with van der Waals surface area (Å²) in [6, 6.07) is 10.1. The number of nitrogens with zero attached hydrogens (tertiary/aromatic N) is 5. The van der Waals surface area contributed by atoms with Crippen LogP contribution in [0.15, 0.2) is 47.7 Å². The number of aliphatic imine (C=N–C) groups is 1. The number of para-hydroxylation sites is 1. The van der Waals surface area contributed by atoms with E-state index in [4.69, 9.17) is 0 Å². The molecule has 3 rings (SSSR count). The van der Waals surface area contributed by atoms with Gasteiger partial charge in [0.1, 0.15) is 0 Å². The van der Waals surface area contributed by atoms with Crippen LogP contribution >= 0.6 is 0 Å². The van der Waals surface area contributed by atoms with Crippen molar-refractivity contribution in [2.75, 3.05) is 13.6 Å². The summed E-state index contributed by atoms with van der Waals surface area (Å²) in [7, 11) is 3.75. The summed E-state index contributed by atoms with van der Waals surface area (Å²) in [6.45, 7) is 5.60. The maximum atomic E-state index is 4.45. The fraction of sp³-hybridized carbons (Fsp3) is 0.350. The molecule has 0 saturated heterocycles. The van der Waals surface area contributed by atoms with E-state index in [1.54, 1.807) is 7.05 Å². The molecule has 27 heavy (non-hydrogen) atoms. The van der Waals surface area contributed by atoms with Gasteiger partial charge in [-0.3, -0.25) is 9.67 Å². The van der Waals surface area contributed by atoms with Crippen molar-refractivity contribution in [1.82, 2.24) is 30.2 Å². The Morgan fingerprint density at radius 1 is 1.15 bits per heavy atom. The zero-order valence-corrected chi connectivity index (χ0v) is 16.4. The lowest BCUT2D eigenvalue weighted by Crippen LogP contribution is -2.38. The van der Waals surface area contributed by atoms with Crippen LogP contribution in [0.25, 0.3) is 5.69 Å². The van der Waals surface area contributed by atoms with Crippen LogP contribution in [0.3, 0.4) is 0 Å². The summed E-state index contributed by atoms with van der Waals surface area (Å²) < 4.78 is 3.81. The van der Waals surface area contributed by atoms with Crippen molar-refractivity contribution in [1.29, 1.82) is 0 Å². The fourth-order valence-electron chi connectivity index (χ4n) is 3.00. The summed E-state index contributed by atoms with van der Waals surface area (Å²) >= 11 is 0. The zero-order valence-electron chi connectivity index (χ0n) is 16.4. The molecule has 0 spiro atoms. The second-order valence-corrected chi connectivity index (χ2v) is 6.50. The molecule has 7 nitrogen and oxygen atoms in total. The predicted molar refractivity (Wildman–Crippen MR) is 108 cm³/mol. The van der Waals surface area contributed by atoms with E-state index in [-0.39, 0.29) is 0 Å². The molecule has 0 fully saturated rings. The minimum absolute atomic E-state index is 0.705. The molecule has 0 saturated carbocycles. The SMILES string of the molecule is CN=C(NCCc1cnn(-c2ccccc2)c1)NCc1c(C)nn(C)c1C. The number of guanidine groups is 1. The molecule has 142 valence electrons. The van der Waals surface area contributed by atoms with Gasteiger partial charge in [0.2, 0.25) is 0 Å². The van der Waals surface area contributed by atoms with Gasteiger partial charge in [-0.2, -0.15) is 10.2 Å². The molecule has 7 heteroatoms. The van der Waals surface area contributed by atoms with Gasteiger partial charge in [0.25, 0.3) is 0 Å². The maximum Gasteiger partial charge on any atom is 0.191 e. The lowest BCUT2D eigenvalue weighted by atomic mass is 10.2. The Morgan fingerprint density at radius 2 is 1.93 bits per heavy atom. The number of aryl methyl sites for hydroxylation is 2. The van der Waals surface area contributed by atoms with Crippen LogP contribution < -0.4 is 10.6 Å². The number of rotatable bonds is 6. The van der Waals surface area contributed by atoms with Crippen LogP contribution in [0.1, 0.15) is 22.5 Å². The van der Waals surface area contributed by atoms with Crippen LogP contribution in [-0.2, 0) is 20.0 Å². The molecule has 1 aromatic carbocycles. The highest BCUT2D eigenvalue weighted by Gasteiger charge is 2.09. The Balaban J connectivity index is 1.50. The average Bonchev–Trinajstić information content (AvgIpc) is 3.24. The van der Waals surface area contributed by atoms with Crippen LogP contribution in [0.2, 0.25) is 0 Å². The first-order chi connectivity index (χ1) is 13.1. The van der Waals surface area contributed by atoms with E-state index in [2.05, 4.69) is 38.9 Å². The van der Waals surface area contributed by atoms with E-state index in [1.165, 1.54) is 16.8 Å². The second-order valence-electron chi connectivity index (χ2n) is 6.50. The lowest BCUT2D eigenvalue weighted by Gasteiger charge is -2.11. The summed E-state index contributed by atoms with van der Waals surface area (Å²) in [4.78, 5) is 4.30. The Hall–Kier alpha value is -3.09. The van der Waals surface area contributed by atoms with Crippen LogP contribution in [0, 0.1) is 13.8 Å². The van der Waals surface area contributed by atoms with Crippen LogP contribution in [0.5, 0.6) is 0 Å². The highest BCUT2D eigenvalue weighted by atomic mass is 15.3. The average molecular weight is 365 g/mol. The van der Waals surface area contributed by atoms with Crippen molar-refractivity contribution < 1.29 is 0 Å². The monoisotopic (exact) mass is 365 g/mol.